The van der Waals surface area contributed by atoms with Gasteiger partial charge in [-0.3, -0.25) is 0 Å². The Kier molecular flexibility index (Phi) is 4.87. The van der Waals surface area contributed by atoms with Crippen LogP contribution in [0.2, 0.25) is 0 Å². The highest BCUT2D eigenvalue weighted by Gasteiger charge is 2.08. The van der Waals surface area contributed by atoms with E-state index >= 15 is 0 Å². The second-order valence-corrected chi connectivity index (χ2v) is 6.81. The molecule has 0 saturated heterocycles. The van der Waals surface area contributed by atoms with Crippen molar-refractivity contribution in [3.8, 4) is 5.75 Å². The average molecular weight is 371 g/mol. The third-order valence-corrected chi connectivity index (χ3v) is 4.41. The number of methoxy groups -OCH3 is 1. The monoisotopic (exact) mass is 370 g/mol. The summed E-state index contributed by atoms with van der Waals surface area (Å²) >= 11 is 3.42. The molecule has 0 aliphatic heterocycles. The van der Waals surface area contributed by atoms with Crippen molar-refractivity contribution >= 4 is 31.6 Å². The molecule has 0 unspecified atom stereocenters. The lowest BCUT2D eigenvalue weighted by atomic mass is 10.2. The number of rotatable bonds is 5. The van der Waals surface area contributed by atoms with Gasteiger partial charge in [-0.15, -0.1) is 0 Å². The summed E-state index contributed by atoms with van der Waals surface area (Å²) in [6.07, 6.45) is 0. The molecule has 5 nitrogen and oxygen atoms in total. The summed E-state index contributed by atoms with van der Waals surface area (Å²) in [6, 6.07) is 12.1. The molecule has 0 heterocycles. The molecule has 0 atom stereocenters. The van der Waals surface area contributed by atoms with Crippen molar-refractivity contribution in [3.63, 3.8) is 0 Å². The number of hydrogen-bond donors (Lipinski definition) is 2. The van der Waals surface area contributed by atoms with Crippen LogP contribution in [0.5, 0.6) is 5.75 Å². The van der Waals surface area contributed by atoms with E-state index in [1.807, 2.05) is 18.2 Å². The summed E-state index contributed by atoms with van der Waals surface area (Å²) < 4.78 is 28.6. The number of sulfonamides is 1. The Morgan fingerprint density at radius 1 is 1.24 bits per heavy atom. The van der Waals surface area contributed by atoms with Gasteiger partial charge >= 0.3 is 0 Å². The molecule has 0 spiro atoms. The first kappa shape index (κ1) is 15.8. The van der Waals surface area contributed by atoms with E-state index in [0.717, 1.165) is 15.8 Å². The molecule has 0 saturated carbocycles. The first-order valence-electron chi connectivity index (χ1n) is 6.09. The number of primary sulfonamides is 1. The predicted octanol–water partition coefficient (Wildman–Crippen LogP) is 2.72. The van der Waals surface area contributed by atoms with Crippen LogP contribution >= 0.6 is 15.9 Å². The molecule has 21 heavy (non-hydrogen) atoms. The molecule has 0 aliphatic rings. The van der Waals surface area contributed by atoms with Gasteiger partial charge in [0.15, 0.2) is 0 Å². The van der Waals surface area contributed by atoms with Crippen molar-refractivity contribution in [1.29, 1.82) is 0 Å². The van der Waals surface area contributed by atoms with Crippen molar-refractivity contribution in [2.24, 2.45) is 5.14 Å². The predicted molar refractivity (Wildman–Crippen MR) is 85.8 cm³/mol. The molecule has 0 fully saturated rings. The zero-order valence-corrected chi connectivity index (χ0v) is 13.7. The van der Waals surface area contributed by atoms with Crippen LogP contribution in [0.15, 0.2) is 51.8 Å². The second kappa shape index (κ2) is 6.46. The van der Waals surface area contributed by atoms with Gasteiger partial charge in [-0.2, -0.15) is 0 Å². The van der Waals surface area contributed by atoms with E-state index in [1.165, 1.54) is 12.1 Å². The van der Waals surface area contributed by atoms with E-state index in [1.54, 1.807) is 19.2 Å². The molecule has 0 aliphatic carbocycles. The Bertz CT molecular complexity index is 748. The molecule has 0 aromatic heterocycles. The number of anilines is 1. The van der Waals surface area contributed by atoms with Crippen LogP contribution in [-0.4, -0.2) is 15.5 Å². The minimum absolute atomic E-state index is 0.0865. The SMILES string of the molecule is COc1ccc(CNc2cccc(S(N)(=O)=O)c2)cc1Br. The number of ether oxygens (including phenoxy) is 1. The van der Waals surface area contributed by atoms with Gasteiger partial charge in [0, 0.05) is 12.2 Å². The van der Waals surface area contributed by atoms with E-state index < -0.39 is 10.0 Å². The van der Waals surface area contributed by atoms with Gasteiger partial charge < -0.3 is 10.1 Å². The molecular formula is C14H15BrN2O3S. The number of halogens is 1. The molecule has 112 valence electrons. The van der Waals surface area contributed by atoms with Crippen molar-refractivity contribution in [2.45, 2.75) is 11.4 Å². The van der Waals surface area contributed by atoms with Gasteiger partial charge in [0.2, 0.25) is 10.0 Å². The van der Waals surface area contributed by atoms with E-state index in [-0.39, 0.29) is 4.90 Å². The van der Waals surface area contributed by atoms with Crippen molar-refractivity contribution in [3.05, 3.63) is 52.5 Å². The first-order valence-corrected chi connectivity index (χ1v) is 8.43. The van der Waals surface area contributed by atoms with E-state index in [9.17, 15) is 8.42 Å². The van der Waals surface area contributed by atoms with Crippen molar-refractivity contribution in [2.75, 3.05) is 12.4 Å². The van der Waals surface area contributed by atoms with E-state index in [4.69, 9.17) is 9.88 Å². The summed E-state index contributed by atoms with van der Waals surface area (Å²) in [4.78, 5) is 0.0865. The van der Waals surface area contributed by atoms with Crippen LogP contribution < -0.4 is 15.2 Å². The maximum Gasteiger partial charge on any atom is 0.238 e. The first-order chi connectivity index (χ1) is 9.90. The zero-order chi connectivity index (χ0) is 15.5. The van der Waals surface area contributed by atoms with Gasteiger partial charge in [0.05, 0.1) is 16.5 Å². The number of nitrogens with one attached hydrogen (secondary N) is 1. The molecule has 0 amide bonds. The maximum atomic E-state index is 11.3. The fourth-order valence-corrected chi connectivity index (χ4v) is 2.95. The molecule has 2 aromatic carbocycles. The summed E-state index contributed by atoms with van der Waals surface area (Å²) in [5.74, 6) is 0.759. The lowest BCUT2D eigenvalue weighted by Crippen LogP contribution is -2.12. The molecule has 3 N–H and O–H groups in total. The fraction of sp³-hybridized carbons (Fsp3) is 0.143. The summed E-state index contributed by atoms with van der Waals surface area (Å²) in [5, 5.41) is 8.27. The van der Waals surface area contributed by atoms with E-state index in [2.05, 4.69) is 21.2 Å². The van der Waals surface area contributed by atoms with Crippen LogP contribution in [0.4, 0.5) is 5.69 Å². The smallest absolute Gasteiger partial charge is 0.238 e. The van der Waals surface area contributed by atoms with Crippen LogP contribution in [0.1, 0.15) is 5.56 Å². The van der Waals surface area contributed by atoms with Crippen LogP contribution in [-0.2, 0) is 16.6 Å². The average Bonchev–Trinajstić information content (AvgIpc) is 2.45. The van der Waals surface area contributed by atoms with Crippen molar-refractivity contribution < 1.29 is 13.2 Å². The number of nitrogens with two attached hydrogens (primary N) is 1. The molecule has 0 radical (unpaired) electrons. The lowest BCUT2D eigenvalue weighted by molar-refractivity contribution is 0.412. The molecular weight excluding hydrogens is 356 g/mol. The summed E-state index contributed by atoms with van der Waals surface area (Å²) in [7, 11) is -2.08. The highest BCUT2D eigenvalue weighted by atomic mass is 79.9. The molecule has 2 rings (SSSR count). The highest BCUT2D eigenvalue weighted by molar-refractivity contribution is 9.10. The number of hydrogen-bond acceptors (Lipinski definition) is 4. The molecule has 0 bridgehead atoms. The van der Waals surface area contributed by atoms with E-state index in [0.29, 0.717) is 12.2 Å². The van der Waals surface area contributed by atoms with Gasteiger partial charge in [0.25, 0.3) is 0 Å². The minimum Gasteiger partial charge on any atom is -0.496 e. The Balaban J connectivity index is 2.11. The van der Waals surface area contributed by atoms with Crippen molar-refractivity contribution in [1.82, 2.24) is 0 Å². The van der Waals surface area contributed by atoms with Crippen LogP contribution in [0, 0.1) is 0 Å². The van der Waals surface area contributed by atoms with Crippen LogP contribution in [0.3, 0.4) is 0 Å². The second-order valence-electron chi connectivity index (χ2n) is 4.40. The molecule has 7 heteroatoms. The summed E-state index contributed by atoms with van der Waals surface area (Å²) in [6.45, 7) is 0.552. The standard InChI is InChI=1S/C14H15BrN2O3S/c1-20-14-6-5-10(7-13(14)15)9-17-11-3-2-4-12(8-11)21(16,18)19/h2-8,17H,9H2,1H3,(H2,16,18,19). The Morgan fingerprint density at radius 3 is 2.62 bits per heavy atom. The largest absolute Gasteiger partial charge is 0.496 e. The Morgan fingerprint density at radius 2 is 2.00 bits per heavy atom. The quantitative estimate of drug-likeness (QED) is 0.847. The van der Waals surface area contributed by atoms with Crippen LogP contribution in [0.25, 0.3) is 0 Å². The van der Waals surface area contributed by atoms with Gasteiger partial charge in [-0.25, -0.2) is 13.6 Å². The van der Waals surface area contributed by atoms with Gasteiger partial charge in [-0.05, 0) is 51.8 Å². The Labute approximate surface area is 132 Å². The zero-order valence-electron chi connectivity index (χ0n) is 11.3. The van der Waals surface area contributed by atoms with Gasteiger partial charge in [0.1, 0.15) is 5.75 Å². The lowest BCUT2D eigenvalue weighted by Gasteiger charge is -2.09. The third-order valence-electron chi connectivity index (χ3n) is 2.88. The fourth-order valence-electron chi connectivity index (χ4n) is 1.81. The number of benzene rings is 2. The Hall–Kier alpha value is -1.57. The highest BCUT2D eigenvalue weighted by Crippen LogP contribution is 2.26. The summed E-state index contributed by atoms with van der Waals surface area (Å²) in [5.41, 5.74) is 1.72. The minimum atomic E-state index is -3.69. The topological polar surface area (TPSA) is 81.4 Å². The molecule has 2 aromatic rings. The normalized spacial score (nSPS) is 11.2. The maximum absolute atomic E-state index is 11.3. The van der Waals surface area contributed by atoms with Gasteiger partial charge in [-0.1, -0.05) is 12.1 Å². The third kappa shape index (κ3) is 4.20.